The van der Waals surface area contributed by atoms with E-state index in [1.165, 1.54) is 0 Å². The fourth-order valence-electron chi connectivity index (χ4n) is 3.96. The van der Waals surface area contributed by atoms with E-state index in [0.717, 1.165) is 28.8 Å². The number of nitrogens with one attached hydrogen (secondary N) is 1. The molecule has 6 heteroatoms. The van der Waals surface area contributed by atoms with Crippen molar-refractivity contribution in [3.8, 4) is 0 Å². The highest BCUT2D eigenvalue weighted by Crippen LogP contribution is 2.31. The molecule has 2 aliphatic rings. The minimum atomic E-state index is -0.338. The van der Waals surface area contributed by atoms with E-state index in [1.54, 1.807) is 18.3 Å². The molecule has 0 radical (unpaired) electrons. The minimum Gasteiger partial charge on any atom is -0.454 e. The molecule has 1 N–H and O–H groups in total. The minimum absolute atomic E-state index is 0.0233. The van der Waals surface area contributed by atoms with Gasteiger partial charge in [-0.05, 0) is 29.3 Å². The number of fused-ring (bicyclic) bond motifs is 2. The number of hydrogen-bond acceptors (Lipinski definition) is 4. The van der Waals surface area contributed by atoms with Crippen molar-refractivity contribution in [2.24, 2.45) is 0 Å². The van der Waals surface area contributed by atoms with E-state index in [2.05, 4.69) is 10.2 Å². The van der Waals surface area contributed by atoms with Crippen molar-refractivity contribution in [1.82, 2.24) is 15.1 Å². The smallest absolute Gasteiger partial charge is 0.339 e. The number of amides is 1. The number of hydrogen-bond donors (Lipinski definition) is 1. The van der Waals surface area contributed by atoms with Gasteiger partial charge in [-0.1, -0.05) is 30.3 Å². The van der Waals surface area contributed by atoms with Crippen LogP contribution in [0.1, 0.15) is 49.2 Å². The molecule has 28 heavy (non-hydrogen) atoms. The summed E-state index contributed by atoms with van der Waals surface area (Å²) in [5.74, 6) is -0.361. The second-order valence-electron chi connectivity index (χ2n) is 7.23. The summed E-state index contributed by atoms with van der Waals surface area (Å²) in [6.45, 7) is 1.20. The van der Waals surface area contributed by atoms with Gasteiger partial charge in [0.05, 0.1) is 11.8 Å². The lowest BCUT2D eigenvalue weighted by Crippen LogP contribution is -2.36. The van der Waals surface area contributed by atoms with Crippen molar-refractivity contribution in [3.05, 3.63) is 88.2 Å². The predicted octanol–water partition coefficient (Wildman–Crippen LogP) is 3.06. The first-order valence-corrected chi connectivity index (χ1v) is 9.38. The molecule has 0 aliphatic carbocycles. The number of rotatable bonds is 2. The molecule has 1 atom stereocenters. The Hall–Kier alpha value is -3.41. The lowest BCUT2D eigenvalue weighted by Gasteiger charge is -2.28. The summed E-state index contributed by atoms with van der Waals surface area (Å²) >= 11 is 0. The van der Waals surface area contributed by atoms with Crippen LogP contribution in [0.3, 0.4) is 0 Å². The van der Waals surface area contributed by atoms with E-state index in [9.17, 15) is 9.59 Å². The molecule has 2 aliphatic heterocycles. The Bertz CT molecular complexity index is 1060. The van der Waals surface area contributed by atoms with Crippen molar-refractivity contribution >= 4 is 11.9 Å². The maximum Gasteiger partial charge on any atom is 0.339 e. The van der Waals surface area contributed by atoms with E-state index in [0.29, 0.717) is 30.6 Å². The first kappa shape index (κ1) is 16.7. The first-order chi connectivity index (χ1) is 13.7. The van der Waals surface area contributed by atoms with Crippen LogP contribution in [0.5, 0.6) is 0 Å². The average Bonchev–Trinajstić information content (AvgIpc) is 3.21. The molecule has 3 heterocycles. The van der Waals surface area contributed by atoms with E-state index in [-0.39, 0.29) is 18.0 Å². The van der Waals surface area contributed by atoms with Gasteiger partial charge in [0.2, 0.25) is 0 Å². The maximum atomic E-state index is 13.0. The molecule has 5 rings (SSSR count). The van der Waals surface area contributed by atoms with Gasteiger partial charge in [0.15, 0.2) is 0 Å². The molecular weight excluding hydrogens is 354 g/mol. The molecule has 6 nitrogen and oxygen atoms in total. The summed E-state index contributed by atoms with van der Waals surface area (Å²) in [4.78, 5) is 27.3. The quantitative estimate of drug-likeness (QED) is 0.701. The lowest BCUT2D eigenvalue weighted by molar-refractivity contribution is 0.0252. The standard InChI is InChI=1S/C22H19N3O3/c26-21(25-9-8-19-17(13-25)12-23-24-19)15-6-7-18-16(10-15)11-20(28-22(18)27)14-4-2-1-3-5-14/h1-7,10,12,20H,8-9,11,13H2,(H,23,24). The second-order valence-corrected chi connectivity index (χ2v) is 7.23. The molecule has 0 saturated carbocycles. The highest BCUT2D eigenvalue weighted by molar-refractivity contribution is 5.98. The van der Waals surface area contributed by atoms with Crippen molar-refractivity contribution in [2.45, 2.75) is 25.5 Å². The third-order valence-corrected chi connectivity index (χ3v) is 5.49. The second kappa shape index (κ2) is 6.64. The number of aromatic amines is 1. The van der Waals surface area contributed by atoms with Gasteiger partial charge in [0.1, 0.15) is 6.10 Å². The Morgan fingerprint density at radius 1 is 1.14 bits per heavy atom. The van der Waals surface area contributed by atoms with E-state index in [4.69, 9.17) is 4.74 Å². The van der Waals surface area contributed by atoms with Gasteiger partial charge in [-0.25, -0.2) is 4.79 Å². The Kier molecular flexibility index (Phi) is 3.97. The van der Waals surface area contributed by atoms with Gasteiger partial charge < -0.3 is 9.64 Å². The molecule has 2 aromatic carbocycles. The van der Waals surface area contributed by atoms with Crippen molar-refractivity contribution in [1.29, 1.82) is 0 Å². The van der Waals surface area contributed by atoms with Gasteiger partial charge in [-0.15, -0.1) is 0 Å². The maximum absolute atomic E-state index is 13.0. The molecule has 0 saturated heterocycles. The number of nitrogens with zero attached hydrogens (tertiary/aromatic N) is 2. The number of aromatic nitrogens is 2. The zero-order valence-corrected chi connectivity index (χ0v) is 15.2. The third-order valence-electron chi connectivity index (χ3n) is 5.49. The molecule has 140 valence electrons. The Morgan fingerprint density at radius 2 is 2.00 bits per heavy atom. The molecule has 1 unspecified atom stereocenters. The monoisotopic (exact) mass is 373 g/mol. The summed E-state index contributed by atoms with van der Waals surface area (Å²) in [6.07, 6.45) is 2.80. The van der Waals surface area contributed by atoms with Crippen LogP contribution in [0.25, 0.3) is 0 Å². The number of H-pyrrole nitrogens is 1. The highest BCUT2D eigenvalue weighted by atomic mass is 16.5. The van der Waals surface area contributed by atoms with Crippen LogP contribution in [0.4, 0.5) is 0 Å². The molecule has 0 bridgehead atoms. The molecule has 0 spiro atoms. The van der Waals surface area contributed by atoms with Gasteiger partial charge in [0, 0.05) is 42.8 Å². The van der Waals surface area contributed by atoms with Crippen LogP contribution in [0.2, 0.25) is 0 Å². The van der Waals surface area contributed by atoms with E-state index >= 15 is 0 Å². The molecule has 3 aromatic rings. The Morgan fingerprint density at radius 3 is 2.86 bits per heavy atom. The van der Waals surface area contributed by atoms with Crippen LogP contribution in [-0.4, -0.2) is 33.5 Å². The SMILES string of the molecule is O=C1OC(c2ccccc2)Cc2cc(C(=O)N3CCc4[nH]ncc4C3)ccc21. The normalized spacial score (nSPS) is 18.2. The van der Waals surface area contributed by atoms with Crippen LogP contribution in [0.15, 0.2) is 54.7 Å². The summed E-state index contributed by atoms with van der Waals surface area (Å²) < 4.78 is 5.60. The van der Waals surface area contributed by atoms with Crippen molar-refractivity contribution < 1.29 is 14.3 Å². The summed E-state index contributed by atoms with van der Waals surface area (Å²) in [7, 11) is 0. The summed E-state index contributed by atoms with van der Waals surface area (Å²) in [6, 6.07) is 15.0. The number of carbonyl (C=O) groups excluding carboxylic acids is 2. The van der Waals surface area contributed by atoms with Gasteiger partial charge in [0.25, 0.3) is 5.91 Å². The number of benzene rings is 2. The van der Waals surface area contributed by atoms with E-state index in [1.807, 2.05) is 41.3 Å². The fraction of sp³-hybridized carbons (Fsp3) is 0.227. The van der Waals surface area contributed by atoms with Crippen molar-refractivity contribution in [2.75, 3.05) is 6.54 Å². The highest BCUT2D eigenvalue weighted by Gasteiger charge is 2.29. The molecular formula is C22H19N3O3. The summed E-state index contributed by atoms with van der Waals surface area (Å²) in [5.41, 5.74) is 5.12. The van der Waals surface area contributed by atoms with Crippen molar-refractivity contribution in [3.63, 3.8) is 0 Å². The molecule has 1 amide bonds. The van der Waals surface area contributed by atoms with Crippen LogP contribution in [-0.2, 0) is 24.1 Å². The zero-order chi connectivity index (χ0) is 19.1. The number of ether oxygens (including phenoxy) is 1. The van der Waals surface area contributed by atoms with Gasteiger partial charge in [-0.2, -0.15) is 5.10 Å². The number of carbonyl (C=O) groups is 2. The lowest BCUT2D eigenvalue weighted by atomic mass is 9.93. The Balaban J connectivity index is 1.41. The van der Waals surface area contributed by atoms with Crippen LogP contribution < -0.4 is 0 Å². The van der Waals surface area contributed by atoms with Crippen LogP contribution >= 0.6 is 0 Å². The summed E-state index contributed by atoms with van der Waals surface area (Å²) in [5, 5.41) is 7.04. The predicted molar refractivity (Wildman–Crippen MR) is 102 cm³/mol. The first-order valence-electron chi connectivity index (χ1n) is 9.38. The van der Waals surface area contributed by atoms with Gasteiger partial charge in [-0.3, -0.25) is 9.89 Å². The van der Waals surface area contributed by atoms with Crippen LogP contribution in [0, 0.1) is 0 Å². The Labute approximate surface area is 162 Å². The number of cyclic esters (lactones) is 1. The largest absolute Gasteiger partial charge is 0.454 e. The fourth-order valence-corrected chi connectivity index (χ4v) is 3.96. The molecule has 0 fully saturated rings. The average molecular weight is 373 g/mol. The topological polar surface area (TPSA) is 75.3 Å². The number of esters is 1. The third kappa shape index (κ3) is 2.87. The van der Waals surface area contributed by atoms with Gasteiger partial charge >= 0.3 is 5.97 Å². The molecule has 1 aromatic heterocycles. The zero-order valence-electron chi connectivity index (χ0n) is 15.2. The van der Waals surface area contributed by atoms with E-state index < -0.39 is 0 Å².